The number of anilines is 1. The van der Waals surface area contributed by atoms with Gasteiger partial charge in [-0.25, -0.2) is 0 Å². The Morgan fingerprint density at radius 1 is 1.40 bits per heavy atom. The average molecular weight is 306 g/mol. The molecule has 3 nitrogen and oxygen atoms in total. The van der Waals surface area contributed by atoms with Gasteiger partial charge in [0.15, 0.2) is 0 Å². The van der Waals surface area contributed by atoms with Gasteiger partial charge in [0, 0.05) is 31.0 Å². The Morgan fingerprint density at radius 3 is 2.70 bits per heavy atom. The van der Waals surface area contributed by atoms with Gasteiger partial charge in [-0.1, -0.05) is 12.1 Å². The molecule has 2 N–H and O–H groups in total. The standard InChI is InChI=1S/C13H17F3N2OS/c1-9(17-6-7-20-13(14,15)16)11-4-3-5-12(8-11)18-10(2)19/h3-5,8-9,17H,6-7H2,1-2H3,(H,18,19). The first-order valence-electron chi connectivity index (χ1n) is 6.09. The van der Waals surface area contributed by atoms with Crippen LogP contribution in [0.15, 0.2) is 24.3 Å². The lowest BCUT2D eigenvalue weighted by atomic mass is 10.1. The van der Waals surface area contributed by atoms with Crippen LogP contribution >= 0.6 is 11.8 Å². The van der Waals surface area contributed by atoms with E-state index in [1.54, 1.807) is 18.2 Å². The molecule has 0 bridgehead atoms. The van der Waals surface area contributed by atoms with Gasteiger partial charge in [0.05, 0.1) is 0 Å². The monoisotopic (exact) mass is 306 g/mol. The smallest absolute Gasteiger partial charge is 0.326 e. The van der Waals surface area contributed by atoms with Crippen molar-refractivity contribution in [2.45, 2.75) is 25.4 Å². The van der Waals surface area contributed by atoms with Crippen LogP contribution in [-0.2, 0) is 4.79 Å². The van der Waals surface area contributed by atoms with Gasteiger partial charge < -0.3 is 10.6 Å². The van der Waals surface area contributed by atoms with Gasteiger partial charge in [-0.3, -0.25) is 4.79 Å². The number of amides is 1. The Hall–Kier alpha value is -1.21. The fraction of sp³-hybridized carbons (Fsp3) is 0.462. The maximum atomic E-state index is 12.0. The summed E-state index contributed by atoms with van der Waals surface area (Å²) < 4.78 is 35.9. The van der Waals surface area contributed by atoms with Gasteiger partial charge in [0.1, 0.15) is 0 Å². The maximum Gasteiger partial charge on any atom is 0.441 e. The van der Waals surface area contributed by atoms with E-state index < -0.39 is 5.51 Å². The van der Waals surface area contributed by atoms with Crippen molar-refractivity contribution in [1.82, 2.24) is 5.32 Å². The van der Waals surface area contributed by atoms with Crippen molar-refractivity contribution in [2.24, 2.45) is 0 Å². The molecule has 1 rings (SSSR count). The molecular formula is C13H17F3N2OS. The van der Waals surface area contributed by atoms with Gasteiger partial charge in [-0.15, -0.1) is 0 Å². The van der Waals surface area contributed by atoms with Crippen molar-refractivity contribution in [3.8, 4) is 0 Å². The second-order valence-corrected chi connectivity index (χ2v) is 5.44. The second kappa shape index (κ2) is 7.54. The minimum atomic E-state index is -4.18. The summed E-state index contributed by atoms with van der Waals surface area (Å²) in [6, 6.07) is 7.13. The third-order valence-electron chi connectivity index (χ3n) is 2.53. The molecule has 0 saturated heterocycles. The second-order valence-electron chi connectivity index (χ2n) is 4.28. The highest BCUT2D eigenvalue weighted by Crippen LogP contribution is 2.29. The summed E-state index contributed by atoms with van der Waals surface area (Å²) in [5.41, 5.74) is -2.60. The number of thioether (sulfide) groups is 1. The summed E-state index contributed by atoms with van der Waals surface area (Å²) in [5.74, 6) is -0.191. The molecule has 0 heterocycles. The molecule has 112 valence electrons. The van der Waals surface area contributed by atoms with Gasteiger partial charge in [-0.05, 0) is 36.4 Å². The topological polar surface area (TPSA) is 41.1 Å². The van der Waals surface area contributed by atoms with E-state index in [0.717, 1.165) is 5.56 Å². The summed E-state index contributed by atoms with van der Waals surface area (Å²) in [7, 11) is 0. The lowest BCUT2D eigenvalue weighted by Gasteiger charge is -2.15. The minimum Gasteiger partial charge on any atom is -0.326 e. The van der Waals surface area contributed by atoms with Crippen LogP contribution in [0.25, 0.3) is 0 Å². The van der Waals surface area contributed by atoms with Crippen molar-refractivity contribution < 1.29 is 18.0 Å². The summed E-state index contributed by atoms with van der Waals surface area (Å²) in [6.45, 7) is 3.55. The highest BCUT2D eigenvalue weighted by Gasteiger charge is 2.27. The number of alkyl halides is 3. The van der Waals surface area contributed by atoms with Crippen LogP contribution in [0.5, 0.6) is 0 Å². The van der Waals surface area contributed by atoms with E-state index in [1.165, 1.54) is 6.92 Å². The Labute approximate surface area is 120 Å². The minimum absolute atomic E-state index is 0.0285. The van der Waals surface area contributed by atoms with Crippen LogP contribution in [0, 0.1) is 0 Å². The Kier molecular flexibility index (Phi) is 6.35. The molecule has 0 spiro atoms. The van der Waals surface area contributed by atoms with Crippen LogP contribution < -0.4 is 10.6 Å². The highest BCUT2D eigenvalue weighted by molar-refractivity contribution is 8.00. The third-order valence-corrected chi connectivity index (χ3v) is 3.26. The molecule has 0 radical (unpaired) electrons. The van der Waals surface area contributed by atoms with Crippen molar-refractivity contribution in [3.05, 3.63) is 29.8 Å². The first-order valence-corrected chi connectivity index (χ1v) is 7.08. The quantitative estimate of drug-likeness (QED) is 0.790. The number of hydrogen-bond acceptors (Lipinski definition) is 3. The van der Waals surface area contributed by atoms with E-state index in [4.69, 9.17) is 0 Å². The van der Waals surface area contributed by atoms with Gasteiger partial charge in [-0.2, -0.15) is 13.2 Å². The molecule has 0 fully saturated rings. The van der Waals surface area contributed by atoms with E-state index in [-0.39, 0.29) is 36.0 Å². The van der Waals surface area contributed by atoms with Crippen molar-refractivity contribution >= 4 is 23.4 Å². The van der Waals surface area contributed by atoms with Gasteiger partial charge in [0.25, 0.3) is 0 Å². The molecule has 1 unspecified atom stereocenters. The zero-order valence-electron chi connectivity index (χ0n) is 11.3. The number of carbonyl (C=O) groups excluding carboxylic acids is 1. The predicted molar refractivity (Wildman–Crippen MR) is 75.7 cm³/mol. The van der Waals surface area contributed by atoms with E-state index in [2.05, 4.69) is 10.6 Å². The van der Waals surface area contributed by atoms with Gasteiger partial charge >= 0.3 is 5.51 Å². The lowest BCUT2D eigenvalue weighted by Crippen LogP contribution is -2.22. The normalized spacial score (nSPS) is 13.1. The molecule has 0 aliphatic carbocycles. The molecule has 1 aromatic carbocycles. The van der Waals surface area contributed by atoms with Crippen molar-refractivity contribution in [2.75, 3.05) is 17.6 Å². The fourth-order valence-electron chi connectivity index (χ4n) is 1.65. The molecule has 20 heavy (non-hydrogen) atoms. The fourth-order valence-corrected chi connectivity index (χ4v) is 2.10. The third kappa shape index (κ3) is 6.81. The largest absolute Gasteiger partial charge is 0.441 e. The van der Waals surface area contributed by atoms with Crippen molar-refractivity contribution in [1.29, 1.82) is 0 Å². The first-order chi connectivity index (χ1) is 9.28. The Balaban J connectivity index is 2.46. The summed E-state index contributed by atoms with van der Waals surface area (Å²) in [6.07, 6.45) is 0. The predicted octanol–water partition coefficient (Wildman–Crippen LogP) is 3.55. The molecule has 1 atom stereocenters. The molecule has 0 aliphatic rings. The Bertz CT molecular complexity index is 451. The van der Waals surface area contributed by atoms with Crippen LogP contribution in [0.3, 0.4) is 0 Å². The lowest BCUT2D eigenvalue weighted by molar-refractivity contribution is -0.114. The summed E-state index contributed by atoms with van der Waals surface area (Å²) in [5, 5.41) is 5.69. The zero-order valence-corrected chi connectivity index (χ0v) is 12.1. The molecule has 7 heteroatoms. The number of nitrogens with one attached hydrogen (secondary N) is 2. The molecule has 0 aliphatic heterocycles. The number of halogens is 3. The summed E-state index contributed by atoms with van der Waals surface area (Å²) >= 11 is -0.0372. The Morgan fingerprint density at radius 2 is 2.10 bits per heavy atom. The zero-order chi connectivity index (χ0) is 15.2. The van der Waals surface area contributed by atoms with E-state index >= 15 is 0 Å². The van der Waals surface area contributed by atoms with Crippen LogP contribution in [-0.4, -0.2) is 23.7 Å². The average Bonchev–Trinajstić information content (AvgIpc) is 2.32. The first kappa shape index (κ1) is 16.8. The number of carbonyl (C=O) groups is 1. The number of hydrogen-bond donors (Lipinski definition) is 2. The van der Waals surface area contributed by atoms with Crippen LogP contribution in [0.1, 0.15) is 25.5 Å². The van der Waals surface area contributed by atoms with Crippen LogP contribution in [0.2, 0.25) is 0 Å². The van der Waals surface area contributed by atoms with E-state index in [1.807, 2.05) is 13.0 Å². The van der Waals surface area contributed by atoms with E-state index in [9.17, 15) is 18.0 Å². The molecule has 1 aromatic rings. The molecule has 0 saturated carbocycles. The van der Waals surface area contributed by atoms with Crippen LogP contribution in [0.4, 0.5) is 18.9 Å². The highest BCUT2D eigenvalue weighted by atomic mass is 32.2. The molecule has 0 aromatic heterocycles. The SMILES string of the molecule is CC(=O)Nc1cccc(C(C)NCCSC(F)(F)F)c1. The number of benzene rings is 1. The molecular weight excluding hydrogens is 289 g/mol. The van der Waals surface area contributed by atoms with Crippen molar-refractivity contribution in [3.63, 3.8) is 0 Å². The summed E-state index contributed by atoms with van der Waals surface area (Å²) in [4.78, 5) is 11.0. The maximum absolute atomic E-state index is 12.0. The molecule has 1 amide bonds. The van der Waals surface area contributed by atoms with E-state index in [0.29, 0.717) is 5.69 Å². The van der Waals surface area contributed by atoms with Gasteiger partial charge in [0.2, 0.25) is 5.91 Å². The number of rotatable bonds is 6.